The summed E-state index contributed by atoms with van der Waals surface area (Å²) in [6.45, 7) is 0. The van der Waals surface area contributed by atoms with Gasteiger partial charge in [0.15, 0.2) is 5.78 Å². The lowest BCUT2D eigenvalue weighted by atomic mass is 9.98. The number of carbonyl (C=O) groups is 3. The normalized spacial score (nSPS) is 10.2. The van der Waals surface area contributed by atoms with Crippen LogP contribution in [0.15, 0.2) is 71.3 Å². The van der Waals surface area contributed by atoms with E-state index >= 15 is 0 Å². The van der Waals surface area contributed by atoms with Crippen LogP contribution in [0.3, 0.4) is 0 Å². The van der Waals surface area contributed by atoms with Crippen molar-refractivity contribution in [2.24, 2.45) is 0 Å². The van der Waals surface area contributed by atoms with E-state index in [-0.39, 0.29) is 16.9 Å². The number of hydrogen-bond donors (Lipinski definition) is 3. The van der Waals surface area contributed by atoms with Crippen LogP contribution in [0.4, 0.5) is 0 Å². The van der Waals surface area contributed by atoms with Crippen LogP contribution in [-0.4, -0.2) is 22.6 Å². The molecule has 0 bridgehead atoms. The molecule has 2 aromatic carbocycles. The van der Waals surface area contributed by atoms with Gasteiger partial charge < -0.3 is 4.98 Å². The van der Waals surface area contributed by atoms with Gasteiger partial charge in [0.2, 0.25) is 0 Å². The van der Waals surface area contributed by atoms with Crippen molar-refractivity contribution in [3.8, 4) is 0 Å². The van der Waals surface area contributed by atoms with Crippen LogP contribution in [-0.2, 0) is 0 Å². The minimum Gasteiger partial charge on any atom is -0.357 e. The van der Waals surface area contributed by atoms with E-state index in [9.17, 15) is 14.4 Å². The van der Waals surface area contributed by atoms with Crippen molar-refractivity contribution in [3.05, 3.63) is 93.7 Å². The van der Waals surface area contributed by atoms with E-state index in [1.54, 1.807) is 60.8 Å². The molecule has 0 fully saturated rings. The van der Waals surface area contributed by atoms with Gasteiger partial charge in [0, 0.05) is 21.8 Å². The van der Waals surface area contributed by atoms with Crippen LogP contribution in [0, 0.1) is 0 Å². The maximum Gasteiger partial charge on any atom is 0.286 e. The van der Waals surface area contributed by atoms with Gasteiger partial charge in [0.1, 0.15) is 5.69 Å². The van der Waals surface area contributed by atoms with Crippen LogP contribution < -0.4 is 10.9 Å². The molecule has 130 valence electrons. The fraction of sp³-hybridized carbons (Fsp3) is 0. The van der Waals surface area contributed by atoms with Crippen LogP contribution in [0.25, 0.3) is 0 Å². The molecular formula is C19H14BrN3O3. The first-order chi connectivity index (χ1) is 12.6. The number of halogens is 1. The highest BCUT2D eigenvalue weighted by atomic mass is 79.9. The monoisotopic (exact) mass is 411 g/mol. The summed E-state index contributed by atoms with van der Waals surface area (Å²) < 4.78 is 0.854. The summed E-state index contributed by atoms with van der Waals surface area (Å²) >= 11 is 3.32. The van der Waals surface area contributed by atoms with Crippen molar-refractivity contribution in [2.75, 3.05) is 0 Å². The second kappa shape index (κ2) is 7.79. The Hall–Kier alpha value is -3.19. The third kappa shape index (κ3) is 3.89. The van der Waals surface area contributed by atoms with Gasteiger partial charge >= 0.3 is 0 Å². The molecule has 0 radical (unpaired) electrons. The highest BCUT2D eigenvalue weighted by molar-refractivity contribution is 9.10. The fourth-order valence-electron chi connectivity index (χ4n) is 2.36. The zero-order valence-corrected chi connectivity index (χ0v) is 15.0. The summed E-state index contributed by atoms with van der Waals surface area (Å²) in [5.41, 5.74) is 5.83. The fourth-order valence-corrected chi connectivity index (χ4v) is 2.62. The number of aromatic amines is 1. The van der Waals surface area contributed by atoms with E-state index in [4.69, 9.17) is 0 Å². The minimum absolute atomic E-state index is 0.173. The molecule has 0 aliphatic carbocycles. The van der Waals surface area contributed by atoms with Crippen LogP contribution in [0.1, 0.15) is 36.8 Å². The summed E-state index contributed by atoms with van der Waals surface area (Å²) in [4.78, 5) is 39.8. The lowest BCUT2D eigenvalue weighted by molar-refractivity contribution is 0.0842. The van der Waals surface area contributed by atoms with Crippen molar-refractivity contribution in [2.45, 2.75) is 0 Å². The minimum atomic E-state index is -0.578. The van der Waals surface area contributed by atoms with E-state index in [1.165, 1.54) is 6.07 Å². The largest absolute Gasteiger partial charge is 0.357 e. The summed E-state index contributed by atoms with van der Waals surface area (Å²) in [5.74, 6) is -1.34. The Morgan fingerprint density at radius 2 is 1.42 bits per heavy atom. The number of hydrazine groups is 1. The topological polar surface area (TPSA) is 91.1 Å². The SMILES string of the molecule is O=C(NNC(=O)c1ccccc1C(=O)c1ccc(Br)cc1)c1ccc[nH]1. The first-order valence-corrected chi connectivity index (χ1v) is 8.49. The predicted octanol–water partition coefficient (Wildman–Crippen LogP) is 3.08. The maximum absolute atomic E-state index is 12.7. The molecule has 26 heavy (non-hydrogen) atoms. The number of ketones is 1. The molecule has 0 unspecified atom stereocenters. The van der Waals surface area contributed by atoms with Crippen molar-refractivity contribution in [1.29, 1.82) is 0 Å². The zero-order chi connectivity index (χ0) is 18.5. The molecule has 0 aliphatic rings. The average Bonchev–Trinajstić information content (AvgIpc) is 3.21. The summed E-state index contributed by atoms with van der Waals surface area (Å²) in [5, 5.41) is 0. The molecule has 0 saturated heterocycles. The van der Waals surface area contributed by atoms with Gasteiger partial charge in [-0.3, -0.25) is 25.2 Å². The van der Waals surface area contributed by atoms with Crippen molar-refractivity contribution >= 4 is 33.5 Å². The Balaban J connectivity index is 1.78. The number of amides is 2. The molecule has 7 heteroatoms. The molecule has 0 aliphatic heterocycles. The average molecular weight is 412 g/mol. The van der Waals surface area contributed by atoms with Gasteiger partial charge in [-0.05, 0) is 42.5 Å². The number of nitrogens with one attached hydrogen (secondary N) is 3. The lowest BCUT2D eigenvalue weighted by Crippen LogP contribution is -2.42. The second-order valence-corrected chi connectivity index (χ2v) is 6.29. The van der Waals surface area contributed by atoms with Crippen LogP contribution in [0.5, 0.6) is 0 Å². The number of H-pyrrole nitrogens is 1. The molecule has 3 rings (SSSR count). The zero-order valence-electron chi connectivity index (χ0n) is 13.5. The van der Waals surface area contributed by atoms with Gasteiger partial charge in [-0.25, -0.2) is 0 Å². The molecule has 0 spiro atoms. The standard InChI is InChI=1S/C19H14BrN3O3/c20-13-9-7-12(8-10-13)17(24)14-4-1-2-5-15(14)18(25)22-23-19(26)16-6-3-11-21-16/h1-11,21H,(H,22,25)(H,23,26). The van der Waals surface area contributed by atoms with E-state index in [0.29, 0.717) is 11.3 Å². The van der Waals surface area contributed by atoms with E-state index in [2.05, 4.69) is 31.8 Å². The first kappa shape index (κ1) is 17.6. The summed E-state index contributed by atoms with van der Waals surface area (Å²) in [6.07, 6.45) is 1.60. The molecule has 0 saturated carbocycles. The molecule has 0 atom stereocenters. The summed E-state index contributed by atoms with van der Waals surface area (Å²) in [7, 11) is 0. The predicted molar refractivity (Wildman–Crippen MR) is 99.7 cm³/mol. The lowest BCUT2D eigenvalue weighted by Gasteiger charge is -2.10. The molecule has 1 heterocycles. The van der Waals surface area contributed by atoms with Crippen molar-refractivity contribution in [3.63, 3.8) is 0 Å². The molecular weight excluding hydrogens is 398 g/mol. The Labute approximate surface area is 157 Å². The van der Waals surface area contributed by atoms with E-state index in [1.807, 2.05) is 0 Å². The van der Waals surface area contributed by atoms with Gasteiger partial charge in [-0.2, -0.15) is 0 Å². The number of hydrogen-bond acceptors (Lipinski definition) is 3. The molecule has 1 aromatic heterocycles. The van der Waals surface area contributed by atoms with Gasteiger partial charge in [0.05, 0.1) is 5.56 Å². The van der Waals surface area contributed by atoms with Gasteiger partial charge in [0.25, 0.3) is 11.8 Å². The van der Waals surface area contributed by atoms with Crippen molar-refractivity contribution in [1.82, 2.24) is 15.8 Å². The van der Waals surface area contributed by atoms with Gasteiger partial charge in [-0.1, -0.05) is 34.1 Å². The van der Waals surface area contributed by atoms with Crippen LogP contribution in [0.2, 0.25) is 0 Å². The van der Waals surface area contributed by atoms with Crippen LogP contribution >= 0.6 is 15.9 Å². The molecule has 3 N–H and O–H groups in total. The third-order valence-electron chi connectivity index (χ3n) is 3.65. The van der Waals surface area contributed by atoms with Crippen molar-refractivity contribution < 1.29 is 14.4 Å². The number of rotatable bonds is 4. The van der Waals surface area contributed by atoms with E-state index in [0.717, 1.165) is 4.47 Å². The highest BCUT2D eigenvalue weighted by Gasteiger charge is 2.18. The quantitative estimate of drug-likeness (QED) is 0.455. The summed E-state index contributed by atoms with van der Waals surface area (Å²) in [6, 6.07) is 16.5. The van der Waals surface area contributed by atoms with Gasteiger partial charge in [-0.15, -0.1) is 0 Å². The third-order valence-corrected chi connectivity index (χ3v) is 4.18. The molecule has 6 nitrogen and oxygen atoms in total. The van der Waals surface area contributed by atoms with E-state index < -0.39 is 11.8 Å². The maximum atomic E-state index is 12.7. The number of benzene rings is 2. The highest BCUT2D eigenvalue weighted by Crippen LogP contribution is 2.17. The first-order valence-electron chi connectivity index (χ1n) is 7.69. The smallest absolute Gasteiger partial charge is 0.286 e. The Morgan fingerprint density at radius 3 is 2.08 bits per heavy atom. The Kier molecular flexibility index (Phi) is 5.28. The second-order valence-electron chi connectivity index (χ2n) is 5.37. The molecule has 2 amide bonds. The number of aromatic nitrogens is 1. The Bertz CT molecular complexity index is 950. The molecule has 3 aromatic rings. The number of carbonyl (C=O) groups excluding carboxylic acids is 3. The Morgan fingerprint density at radius 1 is 0.769 bits per heavy atom.